The highest BCUT2D eigenvalue weighted by atomic mass is 35.5. The quantitative estimate of drug-likeness (QED) is 0.791. The van der Waals surface area contributed by atoms with Gasteiger partial charge in [0.05, 0.1) is 10.0 Å². The summed E-state index contributed by atoms with van der Waals surface area (Å²) in [6.45, 7) is 0. The molecule has 1 aromatic carbocycles. The Morgan fingerprint density at radius 3 is 2.59 bits per heavy atom. The molecular formula is C14H19Cl2N. The molecule has 17 heavy (non-hydrogen) atoms. The fourth-order valence-corrected chi connectivity index (χ4v) is 2.96. The molecule has 1 fully saturated rings. The monoisotopic (exact) mass is 271 g/mol. The first-order valence-electron chi connectivity index (χ1n) is 6.36. The van der Waals surface area contributed by atoms with E-state index in [0.29, 0.717) is 22.0 Å². The van der Waals surface area contributed by atoms with Crippen molar-refractivity contribution in [2.45, 2.75) is 44.6 Å². The molecule has 3 heteroatoms. The van der Waals surface area contributed by atoms with Crippen molar-refractivity contribution in [3.63, 3.8) is 0 Å². The van der Waals surface area contributed by atoms with Gasteiger partial charge in [-0.1, -0.05) is 48.5 Å². The Hall–Kier alpha value is -0.240. The van der Waals surface area contributed by atoms with E-state index in [0.717, 1.165) is 12.8 Å². The Kier molecular flexibility index (Phi) is 4.72. The molecule has 1 nitrogen and oxygen atoms in total. The van der Waals surface area contributed by atoms with Crippen LogP contribution in [0.1, 0.15) is 37.7 Å². The first-order chi connectivity index (χ1) is 8.16. The van der Waals surface area contributed by atoms with E-state index in [9.17, 15) is 0 Å². The van der Waals surface area contributed by atoms with E-state index in [1.54, 1.807) is 0 Å². The zero-order chi connectivity index (χ0) is 12.3. The molecule has 0 aliphatic heterocycles. The highest BCUT2D eigenvalue weighted by molar-refractivity contribution is 6.42. The Morgan fingerprint density at radius 2 is 1.82 bits per heavy atom. The maximum atomic E-state index is 6.24. The van der Waals surface area contributed by atoms with Crippen molar-refractivity contribution in [1.82, 2.24) is 0 Å². The van der Waals surface area contributed by atoms with Gasteiger partial charge in [-0.15, -0.1) is 0 Å². The number of hydrogen-bond acceptors (Lipinski definition) is 1. The second-order valence-electron chi connectivity index (χ2n) is 5.01. The van der Waals surface area contributed by atoms with Crippen LogP contribution >= 0.6 is 23.2 Å². The van der Waals surface area contributed by atoms with Gasteiger partial charge in [-0.05, 0) is 42.9 Å². The second-order valence-corrected chi connectivity index (χ2v) is 5.83. The van der Waals surface area contributed by atoms with Crippen molar-refractivity contribution in [2.24, 2.45) is 11.7 Å². The molecule has 1 aliphatic carbocycles. The summed E-state index contributed by atoms with van der Waals surface area (Å²) < 4.78 is 0. The minimum Gasteiger partial charge on any atom is -0.327 e. The summed E-state index contributed by atoms with van der Waals surface area (Å²) >= 11 is 12.0. The SMILES string of the molecule is NC1CCCCCC1Cc1ccc(Cl)c(Cl)c1. The van der Waals surface area contributed by atoms with E-state index < -0.39 is 0 Å². The van der Waals surface area contributed by atoms with Crippen LogP contribution in [0.25, 0.3) is 0 Å². The first kappa shape index (κ1) is 13.2. The maximum absolute atomic E-state index is 6.24. The van der Waals surface area contributed by atoms with Gasteiger partial charge in [0.1, 0.15) is 0 Å². The van der Waals surface area contributed by atoms with Crippen LogP contribution in [0.15, 0.2) is 18.2 Å². The Labute approximate surface area is 113 Å². The third-order valence-corrected chi connectivity index (χ3v) is 4.44. The largest absolute Gasteiger partial charge is 0.327 e. The van der Waals surface area contributed by atoms with E-state index in [1.807, 2.05) is 12.1 Å². The van der Waals surface area contributed by atoms with Gasteiger partial charge in [0.25, 0.3) is 0 Å². The van der Waals surface area contributed by atoms with Gasteiger partial charge in [0.15, 0.2) is 0 Å². The van der Waals surface area contributed by atoms with E-state index in [4.69, 9.17) is 28.9 Å². The van der Waals surface area contributed by atoms with E-state index in [-0.39, 0.29) is 0 Å². The topological polar surface area (TPSA) is 26.0 Å². The van der Waals surface area contributed by atoms with Crippen LogP contribution in [0.2, 0.25) is 10.0 Å². The van der Waals surface area contributed by atoms with Gasteiger partial charge in [0.2, 0.25) is 0 Å². The molecule has 1 aromatic rings. The van der Waals surface area contributed by atoms with E-state index >= 15 is 0 Å². The lowest BCUT2D eigenvalue weighted by Crippen LogP contribution is -2.30. The molecule has 0 spiro atoms. The van der Waals surface area contributed by atoms with Crippen molar-refractivity contribution in [3.8, 4) is 0 Å². The molecule has 0 radical (unpaired) electrons. The van der Waals surface area contributed by atoms with Crippen LogP contribution in [0, 0.1) is 5.92 Å². The number of benzene rings is 1. The summed E-state index contributed by atoms with van der Waals surface area (Å²) in [5, 5.41) is 1.27. The molecule has 0 heterocycles. The lowest BCUT2D eigenvalue weighted by Gasteiger charge is -2.21. The molecule has 0 aromatic heterocycles. The van der Waals surface area contributed by atoms with Gasteiger partial charge < -0.3 is 5.73 Å². The molecule has 1 aliphatic rings. The van der Waals surface area contributed by atoms with E-state index in [2.05, 4.69) is 6.07 Å². The van der Waals surface area contributed by atoms with Crippen molar-refractivity contribution >= 4 is 23.2 Å². The maximum Gasteiger partial charge on any atom is 0.0595 e. The van der Waals surface area contributed by atoms with Crippen LogP contribution in [-0.2, 0) is 6.42 Å². The van der Waals surface area contributed by atoms with Gasteiger partial charge in [-0.3, -0.25) is 0 Å². The molecule has 2 N–H and O–H groups in total. The van der Waals surface area contributed by atoms with Gasteiger partial charge in [-0.25, -0.2) is 0 Å². The summed E-state index contributed by atoms with van der Waals surface area (Å²) in [6, 6.07) is 6.25. The summed E-state index contributed by atoms with van der Waals surface area (Å²) in [5.74, 6) is 0.592. The highest BCUT2D eigenvalue weighted by Crippen LogP contribution is 2.28. The van der Waals surface area contributed by atoms with Gasteiger partial charge in [-0.2, -0.15) is 0 Å². The van der Waals surface area contributed by atoms with Crippen molar-refractivity contribution in [2.75, 3.05) is 0 Å². The lowest BCUT2D eigenvalue weighted by atomic mass is 9.89. The minimum atomic E-state index is 0.340. The Balaban J connectivity index is 2.05. The van der Waals surface area contributed by atoms with Gasteiger partial charge in [0, 0.05) is 6.04 Å². The standard InChI is InChI=1S/C14H19Cl2N/c15-12-7-6-10(9-13(12)16)8-11-4-2-1-3-5-14(11)17/h6-7,9,11,14H,1-5,8,17H2. The fraction of sp³-hybridized carbons (Fsp3) is 0.571. The number of rotatable bonds is 2. The third kappa shape index (κ3) is 3.61. The molecule has 0 amide bonds. The van der Waals surface area contributed by atoms with Crippen LogP contribution in [0.5, 0.6) is 0 Å². The smallest absolute Gasteiger partial charge is 0.0595 e. The average Bonchev–Trinajstić information content (AvgIpc) is 2.50. The predicted molar refractivity (Wildman–Crippen MR) is 74.7 cm³/mol. The fourth-order valence-electron chi connectivity index (χ4n) is 2.64. The predicted octanol–water partition coefficient (Wildman–Crippen LogP) is 4.44. The van der Waals surface area contributed by atoms with Crippen LogP contribution in [-0.4, -0.2) is 6.04 Å². The number of hydrogen-bond donors (Lipinski definition) is 1. The first-order valence-corrected chi connectivity index (χ1v) is 7.12. The highest BCUT2D eigenvalue weighted by Gasteiger charge is 2.20. The average molecular weight is 272 g/mol. The molecule has 0 saturated heterocycles. The summed E-state index contributed by atoms with van der Waals surface area (Å²) in [6.07, 6.45) is 7.33. The van der Waals surface area contributed by atoms with E-state index in [1.165, 1.54) is 31.2 Å². The Morgan fingerprint density at radius 1 is 1.06 bits per heavy atom. The molecule has 0 bridgehead atoms. The normalized spacial score (nSPS) is 25.6. The summed E-state index contributed by atoms with van der Waals surface area (Å²) in [4.78, 5) is 0. The van der Waals surface area contributed by atoms with Gasteiger partial charge >= 0.3 is 0 Å². The summed E-state index contributed by atoms with van der Waals surface area (Å²) in [5.41, 5.74) is 7.49. The van der Waals surface area contributed by atoms with Crippen LogP contribution in [0.3, 0.4) is 0 Å². The molecule has 1 saturated carbocycles. The number of halogens is 2. The van der Waals surface area contributed by atoms with Crippen molar-refractivity contribution in [3.05, 3.63) is 33.8 Å². The minimum absolute atomic E-state index is 0.340. The number of nitrogens with two attached hydrogens (primary N) is 1. The van der Waals surface area contributed by atoms with Crippen molar-refractivity contribution < 1.29 is 0 Å². The molecule has 94 valence electrons. The molecule has 2 unspecified atom stereocenters. The zero-order valence-corrected chi connectivity index (χ0v) is 11.5. The van der Waals surface area contributed by atoms with Crippen LogP contribution in [0.4, 0.5) is 0 Å². The third-order valence-electron chi connectivity index (χ3n) is 3.70. The molecule has 2 rings (SSSR count). The van der Waals surface area contributed by atoms with Crippen molar-refractivity contribution in [1.29, 1.82) is 0 Å². The molecular weight excluding hydrogens is 253 g/mol. The van der Waals surface area contributed by atoms with Crippen LogP contribution < -0.4 is 5.73 Å². The molecule has 2 atom stereocenters. The zero-order valence-electron chi connectivity index (χ0n) is 9.96. The second kappa shape index (κ2) is 6.08. The summed E-state index contributed by atoms with van der Waals surface area (Å²) in [7, 11) is 0. The Bertz CT molecular complexity index is 378. The lowest BCUT2D eigenvalue weighted by molar-refractivity contribution is 0.395.